The third-order valence-corrected chi connectivity index (χ3v) is 5.78. The van der Waals surface area contributed by atoms with Gasteiger partial charge < -0.3 is 9.80 Å². The smallest absolute Gasteiger partial charge is 0.333 e. The fraction of sp³-hybridized carbons (Fsp3) is 0.300. The van der Waals surface area contributed by atoms with Crippen molar-refractivity contribution >= 4 is 15.7 Å². The lowest BCUT2D eigenvalue weighted by Gasteiger charge is -2.25. The van der Waals surface area contributed by atoms with E-state index in [0.29, 0.717) is 18.7 Å². The van der Waals surface area contributed by atoms with Crippen molar-refractivity contribution in [2.75, 3.05) is 27.2 Å². The molecule has 6 nitrogen and oxygen atoms in total. The van der Waals surface area contributed by atoms with Crippen LogP contribution in [0.5, 0.6) is 0 Å². The summed E-state index contributed by atoms with van der Waals surface area (Å²) in [6, 6.07) is 12.4. The molecule has 2 rings (SSSR count). The normalized spacial score (nSPS) is 11.9. The molecule has 10 heteroatoms. The van der Waals surface area contributed by atoms with Crippen LogP contribution in [0.15, 0.2) is 53.4 Å². The Morgan fingerprint density at radius 1 is 1.00 bits per heavy atom. The lowest BCUT2D eigenvalue weighted by atomic mass is 10.1. The lowest BCUT2D eigenvalue weighted by molar-refractivity contribution is -0.0436. The first-order chi connectivity index (χ1) is 14.0. The number of rotatable bonds is 7. The van der Waals surface area contributed by atoms with Crippen LogP contribution in [0.4, 0.5) is 13.2 Å². The topological polar surface area (TPSA) is 81.5 Å². The predicted octanol–water partition coefficient (Wildman–Crippen LogP) is 3.06. The molecule has 0 aromatic heterocycles. The molecule has 0 saturated carbocycles. The maximum atomic E-state index is 12.9. The molecule has 0 aliphatic rings. The van der Waals surface area contributed by atoms with Crippen molar-refractivity contribution < 1.29 is 26.4 Å². The van der Waals surface area contributed by atoms with E-state index in [1.165, 1.54) is 4.90 Å². The number of halogens is 3. The quantitative estimate of drug-likeness (QED) is 0.662. The van der Waals surface area contributed by atoms with Gasteiger partial charge in [-0.05, 0) is 56.1 Å². The van der Waals surface area contributed by atoms with Crippen LogP contribution in [0, 0.1) is 11.3 Å². The summed E-state index contributed by atoms with van der Waals surface area (Å²) in [6.45, 7) is 1.11. The number of nitrogens with zero attached hydrogens (tertiary/aromatic N) is 3. The molecule has 0 unspecified atom stereocenters. The van der Waals surface area contributed by atoms with Crippen LogP contribution < -0.4 is 0 Å². The van der Waals surface area contributed by atoms with Gasteiger partial charge in [-0.1, -0.05) is 12.1 Å². The molecule has 0 saturated heterocycles. The second-order valence-corrected chi connectivity index (χ2v) is 8.75. The fourth-order valence-corrected chi connectivity index (χ4v) is 3.33. The maximum Gasteiger partial charge on any atom is 0.501 e. The van der Waals surface area contributed by atoms with Gasteiger partial charge in [-0.15, -0.1) is 0 Å². The highest BCUT2D eigenvalue weighted by molar-refractivity contribution is 7.92. The number of benzene rings is 2. The van der Waals surface area contributed by atoms with Crippen molar-refractivity contribution in [2.24, 2.45) is 0 Å². The summed E-state index contributed by atoms with van der Waals surface area (Å²) in [5, 5.41) is 8.89. The Morgan fingerprint density at radius 2 is 1.57 bits per heavy atom. The van der Waals surface area contributed by atoms with Gasteiger partial charge in [-0.3, -0.25) is 4.79 Å². The number of likely N-dealkylation sites (N-methyl/N-ethyl adjacent to an activating group) is 1. The molecule has 0 radical (unpaired) electrons. The van der Waals surface area contributed by atoms with E-state index in [1.54, 1.807) is 24.3 Å². The molecule has 30 heavy (non-hydrogen) atoms. The van der Waals surface area contributed by atoms with E-state index in [0.717, 1.165) is 29.8 Å². The van der Waals surface area contributed by atoms with Crippen molar-refractivity contribution in [3.63, 3.8) is 0 Å². The summed E-state index contributed by atoms with van der Waals surface area (Å²) < 4.78 is 61.1. The molecule has 1 amide bonds. The zero-order valence-corrected chi connectivity index (χ0v) is 17.2. The van der Waals surface area contributed by atoms with Gasteiger partial charge in [0, 0.05) is 25.2 Å². The third-order valence-electron chi connectivity index (χ3n) is 4.28. The summed E-state index contributed by atoms with van der Waals surface area (Å²) >= 11 is 0. The molecule has 0 atom stereocenters. The first kappa shape index (κ1) is 23.4. The summed E-state index contributed by atoms with van der Waals surface area (Å²) in [6.07, 6.45) is 0. The first-order valence-corrected chi connectivity index (χ1v) is 10.3. The van der Waals surface area contributed by atoms with Crippen LogP contribution in [-0.2, 0) is 16.4 Å². The second kappa shape index (κ2) is 9.28. The number of nitriles is 1. The predicted molar refractivity (Wildman–Crippen MR) is 104 cm³/mol. The van der Waals surface area contributed by atoms with Crippen LogP contribution >= 0.6 is 0 Å². The molecule has 160 valence electrons. The maximum absolute atomic E-state index is 12.9. The first-order valence-electron chi connectivity index (χ1n) is 8.80. The van der Waals surface area contributed by atoms with E-state index in [9.17, 15) is 26.4 Å². The number of carbonyl (C=O) groups is 1. The Balaban J connectivity index is 2.27. The number of carbonyl (C=O) groups excluding carboxylic acids is 1. The summed E-state index contributed by atoms with van der Waals surface area (Å²) in [4.78, 5) is 15.4. The van der Waals surface area contributed by atoms with Crippen LogP contribution in [0.25, 0.3) is 0 Å². The highest BCUT2D eigenvalue weighted by Gasteiger charge is 2.46. The number of hydrogen-bond donors (Lipinski definition) is 0. The summed E-state index contributed by atoms with van der Waals surface area (Å²) in [7, 11) is -1.80. The summed E-state index contributed by atoms with van der Waals surface area (Å²) in [5.41, 5.74) is -4.08. The minimum atomic E-state index is -5.47. The minimum Gasteiger partial charge on any atom is -0.333 e. The average molecular weight is 439 g/mol. The molecule has 0 spiro atoms. The van der Waals surface area contributed by atoms with Crippen molar-refractivity contribution in [2.45, 2.75) is 16.9 Å². The van der Waals surface area contributed by atoms with Gasteiger partial charge in [0.15, 0.2) is 0 Å². The van der Waals surface area contributed by atoms with E-state index < -0.39 is 26.1 Å². The molecular formula is C20H20F3N3O3S. The van der Waals surface area contributed by atoms with E-state index in [1.807, 2.05) is 25.1 Å². The van der Waals surface area contributed by atoms with Crippen LogP contribution in [-0.4, -0.2) is 56.8 Å². The SMILES string of the molecule is CN(C)CCN(Cc1ccc(C#N)cc1)C(=O)c1ccc(S(=O)(=O)C(F)(F)F)cc1. The van der Waals surface area contributed by atoms with Gasteiger partial charge in [0.2, 0.25) is 0 Å². The van der Waals surface area contributed by atoms with Crippen LogP contribution in [0.3, 0.4) is 0 Å². The van der Waals surface area contributed by atoms with Gasteiger partial charge in [0.05, 0.1) is 16.5 Å². The summed E-state index contributed by atoms with van der Waals surface area (Å²) in [5.74, 6) is -0.447. The number of sulfone groups is 1. The largest absolute Gasteiger partial charge is 0.501 e. The Morgan fingerprint density at radius 3 is 2.03 bits per heavy atom. The zero-order valence-electron chi connectivity index (χ0n) is 16.3. The number of amides is 1. The lowest BCUT2D eigenvalue weighted by Crippen LogP contribution is -2.36. The zero-order chi connectivity index (χ0) is 22.5. The van der Waals surface area contributed by atoms with E-state index in [2.05, 4.69) is 0 Å². The highest BCUT2D eigenvalue weighted by atomic mass is 32.2. The van der Waals surface area contributed by atoms with E-state index in [-0.39, 0.29) is 12.1 Å². The third kappa shape index (κ3) is 5.58. The fourth-order valence-electron chi connectivity index (χ4n) is 2.57. The number of hydrogen-bond acceptors (Lipinski definition) is 5. The molecule has 0 fully saturated rings. The molecule has 2 aromatic carbocycles. The highest BCUT2D eigenvalue weighted by Crippen LogP contribution is 2.30. The molecular weight excluding hydrogens is 419 g/mol. The van der Waals surface area contributed by atoms with Gasteiger partial charge in [0.1, 0.15) is 0 Å². The second-order valence-electron chi connectivity index (χ2n) is 6.81. The average Bonchev–Trinajstić information content (AvgIpc) is 2.70. The Labute approximate surface area is 173 Å². The Hall–Kier alpha value is -2.90. The monoisotopic (exact) mass is 439 g/mol. The van der Waals surface area contributed by atoms with Crippen molar-refractivity contribution in [1.29, 1.82) is 5.26 Å². The molecule has 0 aliphatic heterocycles. The molecule has 0 aliphatic carbocycles. The van der Waals surface area contributed by atoms with E-state index in [4.69, 9.17) is 5.26 Å². The Bertz CT molecular complexity index is 1030. The van der Waals surface area contributed by atoms with Crippen LogP contribution in [0.1, 0.15) is 21.5 Å². The van der Waals surface area contributed by atoms with E-state index >= 15 is 0 Å². The Kier molecular flexibility index (Phi) is 7.23. The van der Waals surface area contributed by atoms with Crippen molar-refractivity contribution in [1.82, 2.24) is 9.80 Å². The minimum absolute atomic E-state index is 0.0727. The van der Waals surface area contributed by atoms with Gasteiger partial charge in [0.25, 0.3) is 15.7 Å². The number of alkyl halides is 3. The molecule has 0 N–H and O–H groups in total. The van der Waals surface area contributed by atoms with Crippen molar-refractivity contribution in [3.05, 3.63) is 65.2 Å². The molecule has 0 bridgehead atoms. The van der Waals surface area contributed by atoms with Gasteiger partial charge in [-0.2, -0.15) is 18.4 Å². The standard InChI is InChI=1S/C20H20F3N3O3S/c1-25(2)11-12-26(14-16-5-3-15(13-24)4-6-16)19(27)17-7-9-18(10-8-17)30(28,29)20(21,22)23/h3-10H,11-12,14H2,1-2H3. The van der Waals surface area contributed by atoms with Crippen molar-refractivity contribution in [3.8, 4) is 6.07 Å². The van der Waals surface area contributed by atoms with Gasteiger partial charge in [-0.25, -0.2) is 8.42 Å². The molecule has 0 heterocycles. The van der Waals surface area contributed by atoms with Crippen LogP contribution in [0.2, 0.25) is 0 Å². The van der Waals surface area contributed by atoms with Gasteiger partial charge >= 0.3 is 5.51 Å². The molecule has 2 aromatic rings.